The molecule has 9 fully saturated rings. The Bertz CT molecular complexity index is 1260. The normalized spacial score (nSPS) is 54.5. The van der Waals surface area contributed by atoms with Gasteiger partial charge in [-0.1, -0.05) is 34.6 Å². The van der Waals surface area contributed by atoms with Gasteiger partial charge in [-0.2, -0.15) is 0 Å². The Morgan fingerprint density at radius 3 is 2.36 bits per heavy atom. The lowest BCUT2D eigenvalue weighted by molar-refractivity contribution is -0.577. The van der Waals surface area contributed by atoms with Gasteiger partial charge in [0.1, 0.15) is 0 Å². The van der Waals surface area contributed by atoms with E-state index in [-0.39, 0.29) is 47.6 Å². The van der Waals surface area contributed by atoms with Gasteiger partial charge in [-0.15, -0.1) is 0 Å². The molecule has 5 aliphatic carbocycles. The van der Waals surface area contributed by atoms with E-state index in [1.165, 1.54) is 32.1 Å². The van der Waals surface area contributed by atoms with Crippen molar-refractivity contribution in [2.45, 2.75) is 168 Å². The van der Waals surface area contributed by atoms with Gasteiger partial charge in [0.05, 0.1) is 25.4 Å². The van der Waals surface area contributed by atoms with E-state index in [9.17, 15) is 15.0 Å². The Kier molecular flexibility index (Phi) is 9.55. The maximum atomic E-state index is 11.8. The average Bonchev–Trinajstić information content (AvgIpc) is 3.27. The highest BCUT2D eigenvalue weighted by Gasteiger charge is 2.70. The molecule has 1 spiro atoms. The Morgan fingerprint density at radius 2 is 1.56 bits per heavy atom. The molecule has 2 N–H and O–H groups in total. The SMILES string of the molecule is C[C@H]1C(OCCO[C@@H]2CC[C@@]3(C)C(CC(O)C4C3CC[C@@]3(C)C4CC[C@@H]3[C@H](C)CCC(=O)O)C2)OC2O[C@]3(C)CCC4[C@H](C)CCC1[C@@]24OO3. The quantitative estimate of drug-likeness (QED) is 0.184. The molecule has 0 amide bonds. The first kappa shape index (κ1) is 36.2. The van der Waals surface area contributed by atoms with Crippen LogP contribution in [0.5, 0.6) is 0 Å². The highest BCUT2D eigenvalue weighted by Crippen LogP contribution is 2.68. The topological polar surface area (TPSA) is 113 Å². The number of aliphatic hydroxyl groups excluding tert-OH is 1. The number of hydrogen-bond acceptors (Lipinski definition) is 8. The maximum absolute atomic E-state index is 11.8. The predicted octanol–water partition coefficient (Wildman–Crippen LogP) is 7.73. The van der Waals surface area contributed by atoms with Gasteiger partial charge < -0.3 is 29.2 Å². The van der Waals surface area contributed by atoms with Crippen LogP contribution >= 0.6 is 0 Å². The van der Waals surface area contributed by atoms with E-state index in [4.69, 9.17) is 28.7 Å². The smallest absolute Gasteiger partial charge is 0.303 e. The van der Waals surface area contributed by atoms with Crippen molar-refractivity contribution in [3.63, 3.8) is 0 Å². The van der Waals surface area contributed by atoms with Crippen molar-refractivity contribution in [1.29, 1.82) is 0 Å². The molecule has 2 bridgehead atoms. The van der Waals surface area contributed by atoms with Crippen LogP contribution in [-0.2, 0) is 33.5 Å². The van der Waals surface area contributed by atoms with Crippen molar-refractivity contribution < 1.29 is 43.7 Å². The molecule has 0 aromatic heterocycles. The summed E-state index contributed by atoms with van der Waals surface area (Å²) in [6, 6.07) is 0. The third kappa shape index (κ3) is 5.68. The summed E-state index contributed by atoms with van der Waals surface area (Å²) in [4.78, 5) is 23.6. The van der Waals surface area contributed by atoms with Crippen LogP contribution in [0.1, 0.15) is 131 Å². The average molecular weight is 703 g/mol. The molecular weight excluding hydrogens is 636 g/mol. The van der Waals surface area contributed by atoms with E-state index in [1.807, 2.05) is 6.92 Å². The van der Waals surface area contributed by atoms with Gasteiger partial charge in [-0.05, 0) is 142 Å². The minimum atomic E-state index is -0.785. The lowest BCUT2D eigenvalue weighted by atomic mass is 9.43. The maximum Gasteiger partial charge on any atom is 0.303 e. The Labute approximate surface area is 300 Å². The Morgan fingerprint density at radius 1 is 0.840 bits per heavy atom. The first-order valence-electron chi connectivity index (χ1n) is 20.6. The van der Waals surface area contributed by atoms with Crippen LogP contribution in [0.25, 0.3) is 0 Å². The molecule has 50 heavy (non-hydrogen) atoms. The van der Waals surface area contributed by atoms with Gasteiger partial charge in [-0.3, -0.25) is 4.79 Å². The number of ether oxygens (including phenoxy) is 4. The fraction of sp³-hybridized carbons (Fsp3) is 0.976. The molecule has 0 aromatic carbocycles. The van der Waals surface area contributed by atoms with E-state index in [0.29, 0.717) is 60.6 Å². The molecule has 9 nitrogen and oxygen atoms in total. The molecule has 4 heterocycles. The van der Waals surface area contributed by atoms with Crippen molar-refractivity contribution in [3.05, 3.63) is 0 Å². The van der Waals surface area contributed by atoms with Crippen LogP contribution in [0.15, 0.2) is 0 Å². The third-order valence-electron chi connectivity index (χ3n) is 17.0. The summed E-state index contributed by atoms with van der Waals surface area (Å²) in [6.07, 6.45) is 13.0. The van der Waals surface area contributed by atoms with Gasteiger partial charge in [-0.25, -0.2) is 9.78 Å². The lowest BCUT2D eigenvalue weighted by Gasteiger charge is -2.62. The van der Waals surface area contributed by atoms with E-state index in [0.717, 1.165) is 51.4 Å². The minimum absolute atomic E-state index is 0.156. The summed E-state index contributed by atoms with van der Waals surface area (Å²) in [6.45, 7) is 14.8. The van der Waals surface area contributed by atoms with E-state index in [1.54, 1.807) is 0 Å². The summed E-state index contributed by atoms with van der Waals surface area (Å²) in [7, 11) is 0. The second-order valence-electron chi connectivity index (χ2n) is 19.3. The van der Waals surface area contributed by atoms with E-state index in [2.05, 4.69) is 34.6 Å². The number of carbonyl (C=O) groups is 1. The molecule has 9 rings (SSSR count). The monoisotopic (exact) mass is 702 g/mol. The van der Waals surface area contributed by atoms with Gasteiger partial charge in [0.15, 0.2) is 18.2 Å². The largest absolute Gasteiger partial charge is 0.481 e. The molecule has 5 saturated carbocycles. The summed E-state index contributed by atoms with van der Waals surface area (Å²) >= 11 is 0. The highest BCUT2D eigenvalue weighted by atomic mass is 17.3. The van der Waals surface area contributed by atoms with Crippen molar-refractivity contribution >= 4 is 5.97 Å². The zero-order chi connectivity index (χ0) is 35.2. The van der Waals surface area contributed by atoms with Crippen molar-refractivity contribution in [1.82, 2.24) is 0 Å². The Balaban J connectivity index is 0.857. The third-order valence-corrected chi connectivity index (χ3v) is 17.0. The Hall–Kier alpha value is -0.810. The molecule has 284 valence electrons. The molecule has 9 unspecified atom stereocenters. The number of carboxylic acids is 1. The summed E-state index contributed by atoms with van der Waals surface area (Å²) < 4.78 is 26.1. The van der Waals surface area contributed by atoms with Crippen LogP contribution in [0.3, 0.4) is 0 Å². The number of rotatable bonds is 9. The van der Waals surface area contributed by atoms with Crippen LogP contribution in [-0.4, -0.2) is 65.6 Å². The molecule has 0 aromatic rings. The van der Waals surface area contributed by atoms with Crippen LogP contribution in [0.2, 0.25) is 0 Å². The summed E-state index contributed by atoms with van der Waals surface area (Å²) in [5.41, 5.74) is -0.119. The molecule has 9 heteroatoms. The summed E-state index contributed by atoms with van der Waals surface area (Å²) in [5.74, 6) is 2.73. The van der Waals surface area contributed by atoms with Crippen molar-refractivity contribution in [2.24, 2.45) is 70.0 Å². The van der Waals surface area contributed by atoms with Gasteiger partial charge in [0, 0.05) is 24.7 Å². The molecular formula is C41H66O9. The van der Waals surface area contributed by atoms with Gasteiger partial charge >= 0.3 is 5.97 Å². The lowest BCUT2D eigenvalue weighted by Crippen LogP contribution is -2.70. The molecule has 18 atom stereocenters. The zero-order valence-electron chi connectivity index (χ0n) is 31.6. The summed E-state index contributed by atoms with van der Waals surface area (Å²) in [5, 5.41) is 21.1. The number of hydrogen-bond donors (Lipinski definition) is 2. The van der Waals surface area contributed by atoms with Crippen LogP contribution in [0.4, 0.5) is 0 Å². The van der Waals surface area contributed by atoms with Gasteiger partial charge in [0.2, 0.25) is 5.79 Å². The molecule has 9 aliphatic rings. The molecule has 0 radical (unpaired) electrons. The van der Waals surface area contributed by atoms with Crippen molar-refractivity contribution in [3.8, 4) is 0 Å². The molecule has 4 aliphatic heterocycles. The van der Waals surface area contributed by atoms with Crippen LogP contribution in [0, 0.1) is 70.0 Å². The molecule has 4 saturated heterocycles. The first-order chi connectivity index (χ1) is 23.8. The zero-order valence-corrected chi connectivity index (χ0v) is 31.6. The number of fused-ring (bicyclic) bond motifs is 7. The first-order valence-corrected chi connectivity index (χ1v) is 20.6. The van der Waals surface area contributed by atoms with E-state index >= 15 is 0 Å². The second kappa shape index (κ2) is 13.2. The predicted molar refractivity (Wildman–Crippen MR) is 185 cm³/mol. The van der Waals surface area contributed by atoms with Gasteiger partial charge in [0.25, 0.3) is 0 Å². The minimum Gasteiger partial charge on any atom is -0.481 e. The number of aliphatic carboxylic acids is 1. The van der Waals surface area contributed by atoms with E-state index < -0.39 is 23.6 Å². The second-order valence-corrected chi connectivity index (χ2v) is 19.3. The fourth-order valence-electron chi connectivity index (χ4n) is 14.3. The standard InChI is InChI=1S/C41H66O9/c1-23(8-12-34(43)44)28-10-11-31-35-32(14-17-39(28,31)5)38(4)16-13-27(21-26(38)22-33(35)42)45-19-20-46-36-25(3)30-9-7-24(2)29-15-18-40(6)48-37(47-36)41(29,30)50-49-40/h23-33,35-37,42H,7-22H2,1-6H3,(H,43,44)/t23-,24-,25-,26?,27-,28-,29?,30?,31?,32?,33?,35?,36?,37?,38+,39-,40+,41-/m1/s1. The van der Waals surface area contributed by atoms with Crippen LogP contribution < -0.4 is 0 Å². The fourth-order valence-corrected chi connectivity index (χ4v) is 14.3. The number of carboxylic acid groups (broad SMARTS) is 1. The van der Waals surface area contributed by atoms with Crippen molar-refractivity contribution in [2.75, 3.05) is 13.2 Å². The number of aliphatic hydroxyl groups is 1. The highest BCUT2D eigenvalue weighted by molar-refractivity contribution is 5.66.